The van der Waals surface area contributed by atoms with Gasteiger partial charge in [0.25, 0.3) is 0 Å². The lowest BCUT2D eigenvalue weighted by molar-refractivity contribution is -0.165. The second kappa shape index (κ2) is 9.78. The summed E-state index contributed by atoms with van der Waals surface area (Å²) in [5, 5.41) is 13.9. The van der Waals surface area contributed by atoms with Crippen molar-refractivity contribution in [1.29, 1.82) is 0 Å². The Balaban J connectivity index is 1.88. The Morgan fingerprint density at radius 1 is 1.30 bits per heavy atom. The average molecular weight is 442 g/mol. The molecule has 0 saturated heterocycles. The Hall–Kier alpha value is -2.14. The molecular formula is C20H28FN3O5S. The van der Waals surface area contributed by atoms with Crippen LogP contribution < -0.4 is 10.0 Å². The van der Waals surface area contributed by atoms with Gasteiger partial charge in [0.15, 0.2) is 6.10 Å². The summed E-state index contributed by atoms with van der Waals surface area (Å²) in [5.41, 5.74) is -0.688. The molecule has 2 unspecified atom stereocenters. The van der Waals surface area contributed by atoms with Crippen LogP contribution in [0.4, 0.5) is 4.39 Å². The minimum atomic E-state index is -4.08. The quantitative estimate of drug-likeness (QED) is 0.401. The van der Waals surface area contributed by atoms with E-state index in [2.05, 4.69) is 15.0 Å². The van der Waals surface area contributed by atoms with Gasteiger partial charge in [-0.25, -0.2) is 22.3 Å². The van der Waals surface area contributed by atoms with Crippen LogP contribution in [-0.4, -0.2) is 55.3 Å². The van der Waals surface area contributed by atoms with E-state index >= 15 is 0 Å². The van der Waals surface area contributed by atoms with E-state index in [1.807, 2.05) is 0 Å². The molecule has 0 aliphatic rings. The largest absolute Gasteiger partial charge is 0.458 e. The standard InChI is InChI=1S/C20H28FN3O5S/c1-13(11-22-8-6-17(25)19(26)29-20(2,3)4)24-30(27,28)18-10-14-5-7-23-12-15(14)9-16(18)21/h5,7,9-10,12-13,17,22,24-25H,6,8,11H2,1-4H3. The number of aliphatic hydroxyl groups excluding tert-OH is 1. The minimum absolute atomic E-state index is 0.113. The molecule has 2 aromatic rings. The van der Waals surface area contributed by atoms with Crippen LogP contribution in [0.5, 0.6) is 0 Å². The fourth-order valence-corrected chi connectivity index (χ4v) is 4.05. The Kier molecular flexibility index (Phi) is 7.87. The van der Waals surface area contributed by atoms with E-state index in [0.29, 0.717) is 10.8 Å². The third kappa shape index (κ3) is 6.98. The molecule has 0 aliphatic carbocycles. The van der Waals surface area contributed by atoms with E-state index in [0.717, 1.165) is 6.07 Å². The number of aliphatic hydroxyl groups is 1. The van der Waals surface area contributed by atoms with Gasteiger partial charge in [0.2, 0.25) is 10.0 Å². The summed E-state index contributed by atoms with van der Waals surface area (Å²) in [6.45, 7) is 7.23. The molecule has 0 bridgehead atoms. The number of pyridine rings is 1. The van der Waals surface area contributed by atoms with Gasteiger partial charge < -0.3 is 15.2 Å². The number of carbonyl (C=O) groups excluding carboxylic acids is 1. The van der Waals surface area contributed by atoms with Crippen molar-refractivity contribution in [3.8, 4) is 0 Å². The fraction of sp³-hybridized carbons (Fsp3) is 0.500. The highest BCUT2D eigenvalue weighted by atomic mass is 32.2. The van der Waals surface area contributed by atoms with Gasteiger partial charge in [0, 0.05) is 30.4 Å². The van der Waals surface area contributed by atoms with Crippen molar-refractivity contribution in [2.24, 2.45) is 0 Å². The van der Waals surface area contributed by atoms with E-state index in [1.165, 1.54) is 18.5 Å². The highest BCUT2D eigenvalue weighted by Gasteiger charge is 2.24. The van der Waals surface area contributed by atoms with Crippen LogP contribution in [-0.2, 0) is 19.6 Å². The maximum atomic E-state index is 14.3. The van der Waals surface area contributed by atoms with E-state index in [-0.39, 0.29) is 19.5 Å². The van der Waals surface area contributed by atoms with Crippen molar-refractivity contribution in [3.63, 3.8) is 0 Å². The first-order valence-corrected chi connectivity index (χ1v) is 11.0. The molecule has 30 heavy (non-hydrogen) atoms. The average Bonchev–Trinajstić information content (AvgIpc) is 2.62. The zero-order chi connectivity index (χ0) is 22.5. The molecule has 3 N–H and O–H groups in total. The Morgan fingerprint density at radius 2 is 2.00 bits per heavy atom. The van der Waals surface area contributed by atoms with Crippen LogP contribution in [0.15, 0.2) is 35.5 Å². The Bertz CT molecular complexity index is 992. The van der Waals surface area contributed by atoms with Crippen molar-refractivity contribution < 1.29 is 27.4 Å². The predicted molar refractivity (Wildman–Crippen MR) is 111 cm³/mol. The number of carbonyl (C=O) groups is 1. The summed E-state index contributed by atoms with van der Waals surface area (Å²) in [6, 6.07) is 3.46. The van der Waals surface area contributed by atoms with Gasteiger partial charge in [0.1, 0.15) is 16.3 Å². The van der Waals surface area contributed by atoms with Gasteiger partial charge in [-0.1, -0.05) is 0 Å². The number of benzene rings is 1. The minimum Gasteiger partial charge on any atom is -0.458 e. The monoisotopic (exact) mass is 441 g/mol. The second-order valence-corrected chi connectivity index (χ2v) is 9.75. The number of fused-ring (bicyclic) bond motifs is 1. The Labute approximate surface area is 175 Å². The van der Waals surface area contributed by atoms with Crippen molar-refractivity contribution in [2.75, 3.05) is 13.1 Å². The molecule has 0 fully saturated rings. The summed E-state index contributed by atoms with van der Waals surface area (Å²) in [5.74, 6) is -1.57. The molecule has 1 aromatic carbocycles. The van der Waals surface area contributed by atoms with Crippen LogP contribution >= 0.6 is 0 Å². The lowest BCUT2D eigenvalue weighted by Crippen LogP contribution is -2.41. The van der Waals surface area contributed by atoms with Crippen molar-refractivity contribution >= 4 is 26.8 Å². The van der Waals surface area contributed by atoms with Gasteiger partial charge in [0.05, 0.1) is 0 Å². The third-order valence-electron chi connectivity index (χ3n) is 4.06. The van der Waals surface area contributed by atoms with Gasteiger partial charge in [-0.05, 0) is 64.2 Å². The topological polar surface area (TPSA) is 118 Å². The molecule has 2 atom stereocenters. The molecule has 8 nitrogen and oxygen atoms in total. The molecule has 0 aliphatic heterocycles. The molecule has 0 spiro atoms. The van der Waals surface area contributed by atoms with Crippen LogP contribution in [0.2, 0.25) is 0 Å². The first kappa shape index (κ1) is 24.1. The zero-order valence-corrected chi connectivity index (χ0v) is 18.3. The molecule has 2 rings (SSSR count). The van der Waals surface area contributed by atoms with E-state index < -0.39 is 44.5 Å². The molecule has 0 saturated carbocycles. The number of hydrogen-bond donors (Lipinski definition) is 3. The smallest absolute Gasteiger partial charge is 0.335 e. The number of hydrogen-bond acceptors (Lipinski definition) is 7. The number of rotatable bonds is 9. The van der Waals surface area contributed by atoms with Crippen molar-refractivity contribution in [1.82, 2.24) is 15.0 Å². The van der Waals surface area contributed by atoms with Crippen LogP contribution in [0, 0.1) is 5.82 Å². The maximum absolute atomic E-state index is 14.3. The molecule has 0 radical (unpaired) electrons. The maximum Gasteiger partial charge on any atom is 0.335 e. The molecule has 10 heteroatoms. The van der Waals surface area contributed by atoms with E-state index in [9.17, 15) is 22.7 Å². The van der Waals surface area contributed by atoms with E-state index in [1.54, 1.807) is 33.8 Å². The second-order valence-electron chi connectivity index (χ2n) is 8.07. The number of ether oxygens (including phenoxy) is 1. The zero-order valence-electron chi connectivity index (χ0n) is 17.5. The van der Waals surface area contributed by atoms with Crippen LogP contribution in [0.3, 0.4) is 0 Å². The summed E-state index contributed by atoms with van der Waals surface area (Å²) in [7, 11) is -4.08. The summed E-state index contributed by atoms with van der Waals surface area (Å²) < 4.78 is 47.0. The molecular weight excluding hydrogens is 413 g/mol. The normalized spacial score (nSPS) is 14.5. The predicted octanol–water partition coefficient (Wildman–Crippen LogP) is 1.72. The van der Waals surface area contributed by atoms with Crippen LogP contribution in [0.1, 0.15) is 34.1 Å². The van der Waals surface area contributed by atoms with Crippen LogP contribution in [0.25, 0.3) is 10.8 Å². The van der Waals surface area contributed by atoms with Gasteiger partial charge in [-0.15, -0.1) is 0 Å². The SMILES string of the molecule is CC(CNCCC(O)C(=O)OC(C)(C)C)NS(=O)(=O)c1cc2ccncc2cc1F. The first-order chi connectivity index (χ1) is 13.9. The lowest BCUT2D eigenvalue weighted by atomic mass is 10.2. The summed E-state index contributed by atoms with van der Waals surface area (Å²) in [4.78, 5) is 15.2. The first-order valence-electron chi connectivity index (χ1n) is 9.56. The van der Waals surface area contributed by atoms with Gasteiger partial charge in [-0.3, -0.25) is 4.98 Å². The highest BCUT2D eigenvalue weighted by Crippen LogP contribution is 2.22. The molecule has 0 amide bonds. The lowest BCUT2D eigenvalue weighted by Gasteiger charge is -2.22. The number of nitrogens with zero attached hydrogens (tertiary/aromatic N) is 1. The molecule has 1 aromatic heterocycles. The summed E-state index contributed by atoms with van der Waals surface area (Å²) >= 11 is 0. The number of sulfonamides is 1. The Morgan fingerprint density at radius 3 is 2.67 bits per heavy atom. The van der Waals surface area contributed by atoms with Gasteiger partial charge in [-0.2, -0.15) is 0 Å². The summed E-state index contributed by atoms with van der Waals surface area (Å²) in [6.07, 6.45) is 1.80. The number of nitrogens with one attached hydrogen (secondary N) is 2. The highest BCUT2D eigenvalue weighted by molar-refractivity contribution is 7.89. The third-order valence-corrected chi connectivity index (χ3v) is 5.67. The van der Waals surface area contributed by atoms with Crippen molar-refractivity contribution in [2.45, 2.75) is 56.8 Å². The van der Waals surface area contributed by atoms with E-state index in [4.69, 9.17) is 4.74 Å². The fourth-order valence-electron chi connectivity index (χ4n) is 2.71. The number of esters is 1. The van der Waals surface area contributed by atoms with Crippen molar-refractivity contribution in [3.05, 3.63) is 36.4 Å². The van der Waals surface area contributed by atoms with Gasteiger partial charge >= 0.3 is 5.97 Å². The molecule has 166 valence electrons. The molecule has 1 heterocycles. The number of aromatic nitrogens is 1. The number of halogens is 1.